The molecule has 12 rings (SSSR count). The quantitative estimate of drug-likeness (QED) is 0.0608. The van der Waals surface area contributed by atoms with Gasteiger partial charge in [0.05, 0.1) is 25.7 Å². The minimum Gasteiger partial charge on any atom is -0.491 e. The molecule has 0 atom stereocenters. The molecule has 0 aliphatic carbocycles. The van der Waals surface area contributed by atoms with Gasteiger partial charge in [-0.25, -0.2) is 0 Å². The minimum absolute atomic E-state index is 0.139. The number of halogens is 3. The Kier molecular flexibility index (Phi) is 23.3. The van der Waals surface area contributed by atoms with E-state index in [0.717, 1.165) is 78.1 Å². The van der Waals surface area contributed by atoms with E-state index in [0.29, 0.717) is 111 Å². The summed E-state index contributed by atoms with van der Waals surface area (Å²) in [6.07, 6.45) is 18.1. The van der Waals surface area contributed by atoms with Crippen LogP contribution in [0.25, 0.3) is 33.8 Å². The van der Waals surface area contributed by atoms with Gasteiger partial charge in [-0.05, 0) is 125 Å². The van der Waals surface area contributed by atoms with Crippen LogP contribution in [0.5, 0.6) is 40.2 Å². The first-order chi connectivity index (χ1) is 47.2. The number of hydrogen-bond donors (Lipinski definition) is 2. The predicted molar refractivity (Wildman–Crippen MR) is 385 cm³/mol. The number of nitrogens with two attached hydrogens (primary N) is 1. The third-order valence-electron chi connectivity index (χ3n) is 15.6. The molecule has 498 valence electrons. The molecule has 6 aromatic carbocycles. The maximum absolute atomic E-state index is 12.5. The van der Waals surface area contributed by atoms with Gasteiger partial charge in [0.25, 0.3) is 0 Å². The lowest BCUT2D eigenvalue weighted by Crippen LogP contribution is -2.06. The van der Waals surface area contributed by atoms with Crippen molar-refractivity contribution in [1.82, 2.24) is 44.3 Å². The van der Waals surface area contributed by atoms with Crippen LogP contribution in [-0.4, -0.2) is 75.8 Å². The molecule has 21 heteroatoms. The molecule has 6 heterocycles. The molecule has 0 bridgehead atoms. The maximum Gasteiger partial charge on any atom is 0.187 e. The molecule has 0 spiro atoms. The van der Waals surface area contributed by atoms with Crippen LogP contribution in [0.2, 0.25) is 15.1 Å². The highest BCUT2D eigenvalue weighted by atomic mass is 35.5. The highest BCUT2D eigenvalue weighted by Gasteiger charge is 2.19. The number of carbonyl (C=O) groups is 3. The van der Waals surface area contributed by atoms with E-state index >= 15 is 0 Å². The summed E-state index contributed by atoms with van der Waals surface area (Å²) >= 11 is 18.2. The molecule has 0 radical (unpaired) electrons. The summed E-state index contributed by atoms with van der Waals surface area (Å²) in [6.45, 7) is 5.81. The minimum atomic E-state index is 0.139. The molecule has 0 aliphatic heterocycles. The number of ketones is 3. The summed E-state index contributed by atoms with van der Waals surface area (Å²) in [6, 6.07) is 44.9. The van der Waals surface area contributed by atoms with Gasteiger partial charge in [-0.1, -0.05) is 108 Å². The first-order valence-corrected chi connectivity index (χ1v) is 32.4. The normalized spacial score (nSPS) is 10.8. The standard InChI is InChI=1S/C26H25ClN4O2.C26H24ClN3O3.C25H23ClN4O2/c1-17-12-19(6-9-23(17)27)14-21(32)13-18-4-7-22(8-5-18)33-24-10-11-29-25(26(24)28-2)20-15-30-31(3)16-20;1-17-12-19(6-9-23(17)27)14-21(31)13-18-4-7-22(8-5-18)33-24-10-11-28-25(26(24)32-3)20-15-29-30(2)16-20;1-16-11-18(5-8-22(16)26)13-20(31)12-17-3-6-21(7-4-17)32-23-9-10-28-25(24(23)27)19-14-29-30(2)15-19/h4-12,15-16,28H,13-14H2,1-3H3;4-12,15-16H,13-14H2,1-3H3;3-11,14-15H,12-13,27H2,1-2H3. The molecule has 0 saturated heterocycles. The van der Waals surface area contributed by atoms with Crippen molar-refractivity contribution in [2.45, 2.75) is 59.3 Å². The molecule has 0 unspecified atom stereocenters. The van der Waals surface area contributed by atoms with E-state index in [4.69, 9.17) is 59.5 Å². The van der Waals surface area contributed by atoms with E-state index in [1.165, 1.54) is 0 Å². The van der Waals surface area contributed by atoms with Gasteiger partial charge in [0.1, 0.15) is 63.1 Å². The van der Waals surface area contributed by atoms with Gasteiger partial charge in [0.15, 0.2) is 23.0 Å². The van der Waals surface area contributed by atoms with Crippen LogP contribution in [0.1, 0.15) is 50.1 Å². The third-order valence-corrected chi connectivity index (χ3v) is 16.9. The van der Waals surface area contributed by atoms with Crippen LogP contribution >= 0.6 is 34.8 Å². The molecule has 6 aromatic heterocycles. The van der Waals surface area contributed by atoms with Crippen LogP contribution in [0.4, 0.5) is 11.4 Å². The Hall–Kier alpha value is -10.9. The van der Waals surface area contributed by atoms with Crippen molar-refractivity contribution in [2.24, 2.45) is 21.1 Å². The number of benzene rings is 6. The molecule has 18 nitrogen and oxygen atoms in total. The smallest absolute Gasteiger partial charge is 0.187 e. The molecule has 0 aliphatic rings. The van der Waals surface area contributed by atoms with Crippen LogP contribution in [0, 0.1) is 20.8 Å². The zero-order valence-corrected chi connectivity index (χ0v) is 57.7. The predicted octanol–water partition coefficient (Wildman–Crippen LogP) is 16.4. The summed E-state index contributed by atoms with van der Waals surface area (Å²) in [7, 11) is 8.97. The lowest BCUT2D eigenvalue weighted by molar-refractivity contribution is -0.118. The number of nitrogens with zero attached hydrogens (tertiary/aromatic N) is 9. The second-order valence-corrected chi connectivity index (χ2v) is 24.6. The zero-order valence-electron chi connectivity index (χ0n) is 55.4. The molecular weight excluding hydrogens is 1300 g/mol. The number of ether oxygens (including phenoxy) is 4. The van der Waals surface area contributed by atoms with Gasteiger partial charge in [-0.2, -0.15) is 15.3 Å². The van der Waals surface area contributed by atoms with E-state index in [2.05, 4.69) is 35.6 Å². The van der Waals surface area contributed by atoms with Gasteiger partial charge in [-0.3, -0.25) is 43.4 Å². The Balaban J connectivity index is 0.000000159. The summed E-state index contributed by atoms with van der Waals surface area (Å²) in [5, 5.41) is 17.9. The number of rotatable bonds is 23. The Morgan fingerprint density at radius 2 is 0.745 bits per heavy atom. The number of nitrogens with one attached hydrogen (secondary N) is 1. The largest absolute Gasteiger partial charge is 0.491 e. The van der Waals surface area contributed by atoms with Crippen molar-refractivity contribution >= 4 is 63.5 Å². The molecule has 12 aromatic rings. The second-order valence-electron chi connectivity index (χ2n) is 23.4. The fraction of sp³-hybridized carbons (Fsp3) is 0.182. The molecule has 98 heavy (non-hydrogen) atoms. The summed E-state index contributed by atoms with van der Waals surface area (Å²) < 4.78 is 28.9. The number of pyridine rings is 3. The zero-order chi connectivity index (χ0) is 69.4. The van der Waals surface area contributed by atoms with E-state index in [9.17, 15) is 14.4 Å². The van der Waals surface area contributed by atoms with Gasteiger partial charge in [0.2, 0.25) is 0 Å². The number of methoxy groups -OCH3 is 1. The highest BCUT2D eigenvalue weighted by Crippen LogP contribution is 2.40. The number of nitrogen functional groups attached to an aromatic ring is 1. The van der Waals surface area contributed by atoms with Gasteiger partial charge in [0, 0.05) is 154 Å². The Morgan fingerprint density at radius 1 is 0.429 bits per heavy atom. The highest BCUT2D eigenvalue weighted by molar-refractivity contribution is 6.32. The van der Waals surface area contributed by atoms with Crippen molar-refractivity contribution in [3.8, 4) is 74.0 Å². The Labute approximate surface area is 583 Å². The first kappa shape index (κ1) is 69.9. The number of carbonyl (C=O) groups excluding carboxylic acids is 3. The van der Waals surface area contributed by atoms with Crippen molar-refractivity contribution in [1.29, 1.82) is 0 Å². The molecule has 3 N–H and O–H groups in total. The fourth-order valence-electron chi connectivity index (χ4n) is 10.7. The van der Waals surface area contributed by atoms with Crippen molar-refractivity contribution < 1.29 is 33.3 Å². The van der Waals surface area contributed by atoms with Crippen molar-refractivity contribution in [2.75, 3.05) is 25.2 Å². The average molecular weight is 1370 g/mol. The second kappa shape index (κ2) is 32.7. The van der Waals surface area contributed by atoms with Gasteiger partial charge >= 0.3 is 0 Å². The first-order valence-electron chi connectivity index (χ1n) is 31.3. The molecular formula is C77H72Cl3N11O7. The number of Topliss-reactive ketones (excluding diaryl/α,β-unsaturated/α-hetero) is 3. The third kappa shape index (κ3) is 18.8. The van der Waals surface area contributed by atoms with Crippen molar-refractivity contribution in [3.63, 3.8) is 0 Å². The maximum atomic E-state index is 12.5. The SMILES string of the molecule is CNc1c(Oc2ccc(CC(=O)Cc3ccc(Cl)c(C)c3)cc2)ccnc1-c1cnn(C)c1.COc1c(Oc2ccc(CC(=O)Cc3ccc(Cl)c(C)c3)cc2)ccnc1-c1cnn(C)c1.Cc1cc(CC(=O)Cc2ccc(Oc3ccnc(-c4cnn(C)c4)c3N)cc2)ccc1Cl. The molecule has 0 fully saturated rings. The summed E-state index contributed by atoms with van der Waals surface area (Å²) in [5.74, 6) is 4.63. The molecule has 0 amide bonds. The van der Waals surface area contributed by atoms with Gasteiger partial charge < -0.3 is 30.0 Å². The van der Waals surface area contributed by atoms with Crippen LogP contribution in [0.3, 0.4) is 0 Å². The number of hydrogen-bond acceptors (Lipinski definition) is 15. The summed E-state index contributed by atoms with van der Waals surface area (Å²) in [5.41, 5.74) is 20.7. The van der Waals surface area contributed by atoms with Crippen LogP contribution in [-0.2, 0) is 74.1 Å². The number of anilines is 2. The monoisotopic (exact) mass is 1370 g/mol. The lowest BCUT2D eigenvalue weighted by atomic mass is 10.0. The van der Waals surface area contributed by atoms with Gasteiger partial charge in [-0.15, -0.1) is 0 Å². The Morgan fingerprint density at radius 3 is 1.11 bits per heavy atom. The van der Waals surface area contributed by atoms with E-state index in [1.807, 2.05) is 201 Å². The van der Waals surface area contributed by atoms with Crippen molar-refractivity contribution in [3.05, 3.63) is 267 Å². The van der Waals surface area contributed by atoms with Crippen LogP contribution < -0.4 is 30.0 Å². The fourth-order valence-corrected chi connectivity index (χ4v) is 11.1. The van der Waals surface area contributed by atoms with E-state index in [-0.39, 0.29) is 17.3 Å². The average Bonchev–Trinajstić information content (AvgIpc) is 1.38. The van der Waals surface area contributed by atoms with E-state index < -0.39 is 0 Å². The van der Waals surface area contributed by atoms with Crippen LogP contribution in [0.15, 0.2) is 201 Å². The number of aryl methyl sites for hydroxylation is 6. The topological polar surface area (TPSA) is 218 Å². The van der Waals surface area contributed by atoms with E-state index in [1.54, 1.807) is 70.5 Å². The lowest BCUT2D eigenvalue weighted by Gasteiger charge is -2.14. The Bertz CT molecular complexity index is 4580. The summed E-state index contributed by atoms with van der Waals surface area (Å²) in [4.78, 5) is 50.8. The molecule has 0 saturated carbocycles. The number of aromatic nitrogens is 9.